The minimum absolute atomic E-state index is 0.0244. The molecule has 0 radical (unpaired) electrons. The number of halogens is 2. The first-order chi connectivity index (χ1) is 8.60. The SMILES string of the molecule is COc1cc(Br)c(-c2cn[nH]c2N)c(F)c1OC. The number of nitrogens with two attached hydrogens (primary N) is 1. The van der Waals surface area contributed by atoms with Crippen LogP contribution in [0.4, 0.5) is 10.2 Å². The van der Waals surface area contributed by atoms with Crippen molar-refractivity contribution in [1.29, 1.82) is 0 Å². The molecule has 0 amide bonds. The highest BCUT2D eigenvalue weighted by Crippen LogP contribution is 2.42. The van der Waals surface area contributed by atoms with E-state index in [1.165, 1.54) is 20.4 Å². The van der Waals surface area contributed by atoms with Gasteiger partial charge in [-0.2, -0.15) is 5.10 Å². The second-order valence-corrected chi connectivity index (χ2v) is 4.33. The van der Waals surface area contributed by atoms with E-state index in [0.717, 1.165) is 0 Å². The maximum atomic E-state index is 14.4. The van der Waals surface area contributed by atoms with E-state index in [0.29, 0.717) is 15.8 Å². The highest BCUT2D eigenvalue weighted by molar-refractivity contribution is 9.10. The molecule has 5 nitrogen and oxygen atoms in total. The van der Waals surface area contributed by atoms with Crippen LogP contribution in [-0.4, -0.2) is 24.4 Å². The molecule has 2 aromatic rings. The van der Waals surface area contributed by atoms with Gasteiger partial charge in [0.2, 0.25) is 0 Å². The molecule has 1 aromatic carbocycles. The number of methoxy groups -OCH3 is 2. The third-order valence-corrected chi connectivity index (χ3v) is 3.13. The van der Waals surface area contributed by atoms with E-state index in [4.69, 9.17) is 15.2 Å². The fourth-order valence-corrected chi connectivity index (χ4v) is 2.26. The summed E-state index contributed by atoms with van der Waals surface area (Å²) in [5.41, 5.74) is 6.43. The molecule has 0 fully saturated rings. The standard InChI is InChI=1S/C11H11BrFN3O2/c1-17-7-3-6(12)8(9(13)10(7)18-2)5-4-15-16-11(5)14/h3-4H,1-2H3,(H3,14,15,16). The lowest BCUT2D eigenvalue weighted by molar-refractivity contribution is 0.338. The Balaban J connectivity index is 2.73. The van der Waals surface area contributed by atoms with Crippen molar-refractivity contribution in [3.63, 3.8) is 0 Å². The lowest BCUT2D eigenvalue weighted by Crippen LogP contribution is -1.98. The summed E-state index contributed by atoms with van der Waals surface area (Å²) in [6, 6.07) is 1.61. The van der Waals surface area contributed by atoms with E-state index in [2.05, 4.69) is 26.1 Å². The van der Waals surface area contributed by atoms with Gasteiger partial charge in [0.05, 0.1) is 20.4 Å². The molecule has 0 saturated carbocycles. The molecule has 0 bridgehead atoms. The molecule has 0 aliphatic heterocycles. The van der Waals surface area contributed by atoms with Gasteiger partial charge in [-0.05, 0) is 22.0 Å². The topological polar surface area (TPSA) is 73.2 Å². The predicted molar refractivity (Wildman–Crippen MR) is 69.2 cm³/mol. The van der Waals surface area contributed by atoms with E-state index in [9.17, 15) is 4.39 Å². The third kappa shape index (κ3) is 1.90. The average molecular weight is 316 g/mol. The van der Waals surface area contributed by atoms with Gasteiger partial charge in [0.25, 0.3) is 0 Å². The van der Waals surface area contributed by atoms with Crippen LogP contribution in [0.2, 0.25) is 0 Å². The van der Waals surface area contributed by atoms with Gasteiger partial charge in [-0.1, -0.05) is 0 Å². The minimum Gasteiger partial charge on any atom is -0.493 e. The van der Waals surface area contributed by atoms with Crippen LogP contribution in [0.25, 0.3) is 11.1 Å². The number of ether oxygens (including phenoxy) is 2. The van der Waals surface area contributed by atoms with Crippen LogP contribution >= 0.6 is 15.9 Å². The summed E-state index contributed by atoms with van der Waals surface area (Å²) in [6.07, 6.45) is 1.45. The number of hydrogen-bond donors (Lipinski definition) is 2. The zero-order valence-corrected chi connectivity index (χ0v) is 11.3. The number of nitrogen functional groups attached to an aromatic ring is 1. The van der Waals surface area contributed by atoms with E-state index in [-0.39, 0.29) is 17.1 Å². The molecule has 0 saturated heterocycles. The summed E-state index contributed by atoms with van der Waals surface area (Å²) in [5, 5.41) is 6.32. The third-order valence-electron chi connectivity index (χ3n) is 2.50. The largest absolute Gasteiger partial charge is 0.493 e. The van der Waals surface area contributed by atoms with Gasteiger partial charge in [0.15, 0.2) is 17.3 Å². The van der Waals surface area contributed by atoms with Crippen molar-refractivity contribution < 1.29 is 13.9 Å². The van der Waals surface area contributed by atoms with Crippen LogP contribution in [0.1, 0.15) is 0 Å². The van der Waals surface area contributed by atoms with Crippen LogP contribution in [0.15, 0.2) is 16.7 Å². The summed E-state index contributed by atoms with van der Waals surface area (Å²) in [4.78, 5) is 0. The maximum Gasteiger partial charge on any atom is 0.197 e. The highest BCUT2D eigenvalue weighted by atomic mass is 79.9. The smallest absolute Gasteiger partial charge is 0.197 e. The number of hydrogen-bond acceptors (Lipinski definition) is 4. The molecule has 0 atom stereocenters. The van der Waals surface area contributed by atoms with Gasteiger partial charge < -0.3 is 15.2 Å². The van der Waals surface area contributed by atoms with E-state index in [1.807, 2.05) is 0 Å². The number of aromatic amines is 1. The number of anilines is 1. The zero-order valence-electron chi connectivity index (χ0n) is 9.75. The van der Waals surface area contributed by atoms with Gasteiger partial charge in [-0.25, -0.2) is 4.39 Å². The van der Waals surface area contributed by atoms with Gasteiger partial charge in [0.1, 0.15) is 5.82 Å². The summed E-state index contributed by atoms with van der Waals surface area (Å²) >= 11 is 3.28. The fraction of sp³-hybridized carbons (Fsp3) is 0.182. The van der Waals surface area contributed by atoms with Crippen LogP contribution in [0, 0.1) is 5.82 Å². The Morgan fingerprint density at radius 2 is 2.11 bits per heavy atom. The van der Waals surface area contributed by atoms with Crippen LogP contribution < -0.4 is 15.2 Å². The molecule has 96 valence electrons. The number of nitrogens with one attached hydrogen (secondary N) is 1. The lowest BCUT2D eigenvalue weighted by Gasteiger charge is -2.13. The Labute approximate surface area is 111 Å². The molecule has 0 unspecified atom stereocenters. The second-order valence-electron chi connectivity index (χ2n) is 3.48. The second kappa shape index (κ2) is 4.85. The summed E-state index contributed by atoms with van der Waals surface area (Å²) in [5.74, 6) is 0.0441. The molecule has 3 N–H and O–H groups in total. The van der Waals surface area contributed by atoms with Crippen molar-refractivity contribution in [2.75, 3.05) is 20.0 Å². The Bertz CT molecular complexity index is 586. The first-order valence-corrected chi connectivity index (χ1v) is 5.78. The van der Waals surface area contributed by atoms with Crippen LogP contribution in [0.5, 0.6) is 11.5 Å². The fourth-order valence-electron chi connectivity index (χ4n) is 1.66. The number of nitrogens with zero attached hydrogens (tertiary/aromatic N) is 1. The van der Waals surface area contributed by atoms with Crippen LogP contribution in [0.3, 0.4) is 0 Å². The molecule has 1 heterocycles. The zero-order chi connectivity index (χ0) is 13.3. The van der Waals surface area contributed by atoms with Crippen molar-refractivity contribution in [2.45, 2.75) is 0 Å². The van der Waals surface area contributed by atoms with Crippen molar-refractivity contribution >= 4 is 21.7 Å². The molecule has 0 aliphatic rings. The van der Waals surface area contributed by atoms with Crippen molar-refractivity contribution in [1.82, 2.24) is 10.2 Å². The van der Waals surface area contributed by atoms with Gasteiger partial charge in [0, 0.05) is 15.6 Å². The lowest BCUT2D eigenvalue weighted by atomic mass is 10.1. The Hall–Kier alpha value is -1.76. The first-order valence-electron chi connectivity index (χ1n) is 4.99. The Morgan fingerprint density at radius 1 is 1.39 bits per heavy atom. The average Bonchev–Trinajstić information content (AvgIpc) is 2.75. The number of H-pyrrole nitrogens is 1. The number of aromatic nitrogens is 2. The van der Waals surface area contributed by atoms with Crippen molar-refractivity contribution in [3.05, 3.63) is 22.6 Å². The molecule has 2 rings (SSSR count). The Morgan fingerprint density at radius 3 is 2.61 bits per heavy atom. The van der Waals surface area contributed by atoms with Gasteiger partial charge in [-0.3, -0.25) is 5.10 Å². The predicted octanol–water partition coefficient (Wildman–Crippen LogP) is 2.58. The van der Waals surface area contributed by atoms with Gasteiger partial charge >= 0.3 is 0 Å². The summed E-state index contributed by atoms with van der Waals surface area (Å²) in [7, 11) is 2.81. The summed E-state index contributed by atoms with van der Waals surface area (Å²) < 4.78 is 25.0. The van der Waals surface area contributed by atoms with Crippen molar-refractivity contribution in [3.8, 4) is 22.6 Å². The summed E-state index contributed by atoms with van der Waals surface area (Å²) in [6.45, 7) is 0. The number of rotatable bonds is 3. The monoisotopic (exact) mass is 315 g/mol. The maximum absolute atomic E-state index is 14.4. The Kier molecular flexibility index (Phi) is 3.42. The normalized spacial score (nSPS) is 10.4. The van der Waals surface area contributed by atoms with Crippen LogP contribution in [-0.2, 0) is 0 Å². The first kappa shape index (κ1) is 12.7. The molecular formula is C11H11BrFN3O2. The molecule has 1 aromatic heterocycles. The molecule has 0 spiro atoms. The highest BCUT2D eigenvalue weighted by Gasteiger charge is 2.22. The molecular weight excluding hydrogens is 305 g/mol. The van der Waals surface area contributed by atoms with E-state index < -0.39 is 5.82 Å². The molecule has 0 aliphatic carbocycles. The van der Waals surface area contributed by atoms with E-state index in [1.54, 1.807) is 6.07 Å². The van der Waals surface area contributed by atoms with Gasteiger partial charge in [-0.15, -0.1) is 0 Å². The molecule has 7 heteroatoms. The van der Waals surface area contributed by atoms with Crippen molar-refractivity contribution in [2.24, 2.45) is 0 Å². The minimum atomic E-state index is -0.558. The molecule has 18 heavy (non-hydrogen) atoms. The quantitative estimate of drug-likeness (QED) is 0.913. The number of benzene rings is 1. The van der Waals surface area contributed by atoms with E-state index >= 15 is 0 Å².